The molecule has 0 atom stereocenters. The number of fused-ring (bicyclic) bond motifs is 15. The maximum Gasteiger partial charge on any atom is 0.187 e. The van der Waals surface area contributed by atoms with Crippen molar-refractivity contribution in [3.05, 3.63) is 206 Å². The summed E-state index contributed by atoms with van der Waals surface area (Å²) in [6.45, 7) is 7.77. The predicted octanol–water partition coefficient (Wildman–Crippen LogP) is 15.9. The summed E-state index contributed by atoms with van der Waals surface area (Å²) in [7, 11) is 0. The maximum atomic E-state index is 7.77. The van der Waals surface area contributed by atoms with E-state index >= 15 is 0 Å². The lowest BCUT2D eigenvalue weighted by Gasteiger charge is -2.17. The molecule has 0 spiro atoms. The van der Waals surface area contributed by atoms with Crippen LogP contribution >= 0.6 is 0 Å². The third-order valence-corrected chi connectivity index (χ3v) is 12.2. The van der Waals surface area contributed by atoms with Gasteiger partial charge in [-0.2, -0.15) is 0 Å². The third kappa shape index (κ3) is 4.81. The van der Waals surface area contributed by atoms with Gasteiger partial charge in [-0.25, -0.2) is 9.83 Å². The SMILES string of the molecule is [C-]#[N+]c1cccc(-c2cc3c(-c4ccc5c6ccccc6c6ccccc6c5c4)cc(-c4ccc5c6ccccc6c6ccccc6c5c4)nc3c3ccccc23)c1. The number of nitrogens with zero attached hydrogens (tertiary/aromatic N) is 2. The molecule has 1 heterocycles. The number of pyridine rings is 1. The van der Waals surface area contributed by atoms with Crippen molar-refractivity contribution in [2.75, 3.05) is 0 Å². The van der Waals surface area contributed by atoms with E-state index in [9.17, 15) is 0 Å². The molecule has 266 valence electrons. The van der Waals surface area contributed by atoms with E-state index in [-0.39, 0.29) is 0 Å². The van der Waals surface area contributed by atoms with Crippen LogP contribution in [0.1, 0.15) is 0 Å². The normalized spacial score (nSPS) is 11.8. The zero-order chi connectivity index (χ0) is 38.3. The quantitative estimate of drug-likeness (QED) is 0.131. The number of rotatable bonds is 3. The molecule has 12 aromatic rings. The van der Waals surface area contributed by atoms with Gasteiger partial charge in [0.25, 0.3) is 0 Å². The van der Waals surface area contributed by atoms with Gasteiger partial charge in [0.15, 0.2) is 5.69 Å². The minimum absolute atomic E-state index is 0.626. The van der Waals surface area contributed by atoms with E-state index in [1.54, 1.807) is 0 Å². The average molecular weight is 733 g/mol. The Labute approximate surface area is 334 Å². The molecule has 0 saturated heterocycles. The highest BCUT2D eigenvalue weighted by Gasteiger charge is 2.18. The zero-order valence-corrected chi connectivity index (χ0v) is 31.4. The maximum absolute atomic E-state index is 7.77. The summed E-state index contributed by atoms with van der Waals surface area (Å²) in [6.07, 6.45) is 0. The molecule has 2 nitrogen and oxygen atoms in total. The summed E-state index contributed by atoms with van der Waals surface area (Å²) in [5, 5.41) is 18.3. The van der Waals surface area contributed by atoms with Crippen LogP contribution in [0.5, 0.6) is 0 Å². The van der Waals surface area contributed by atoms with Crippen LogP contribution in [0.3, 0.4) is 0 Å². The molecule has 0 unspecified atom stereocenters. The Kier molecular flexibility index (Phi) is 7.03. The molecule has 0 radical (unpaired) electrons. The Balaban J connectivity index is 1.19. The summed E-state index contributed by atoms with van der Waals surface area (Å²) in [5.74, 6) is 0. The fourth-order valence-corrected chi connectivity index (χ4v) is 9.56. The van der Waals surface area contributed by atoms with Crippen molar-refractivity contribution in [1.29, 1.82) is 0 Å². The second kappa shape index (κ2) is 12.6. The molecular weight excluding hydrogens is 701 g/mol. The summed E-state index contributed by atoms with van der Waals surface area (Å²) >= 11 is 0. The third-order valence-electron chi connectivity index (χ3n) is 12.2. The van der Waals surface area contributed by atoms with Crippen LogP contribution in [-0.2, 0) is 0 Å². The van der Waals surface area contributed by atoms with Gasteiger partial charge in [-0.3, -0.25) is 0 Å². The number of benzene rings is 11. The molecular formula is C56H32N2. The largest absolute Gasteiger partial charge is 0.247 e. The lowest BCUT2D eigenvalue weighted by atomic mass is 9.88. The van der Waals surface area contributed by atoms with E-state index in [4.69, 9.17) is 11.6 Å². The van der Waals surface area contributed by atoms with Crippen molar-refractivity contribution in [3.63, 3.8) is 0 Å². The van der Waals surface area contributed by atoms with Crippen LogP contribution in [0.25, 0.3) is 125 Å². The highest BCUT2D eigenvalue weighted by molar-refractivity contribution is 6.27. The number of hydrogen-bond acceptors (Lipinski definition) is 1. The zero-order valence-electron chi connectivity index (χ0n) is 31.4. The van der Waals surface area contributed by atoms with Gasteiger partial charge in [-0.1, -0.05) is 164 Å². The smallest absolute Gasteiger partial charge is 0.187 e. The molecule has 0 aliphatic rings. The fourth-order valence-electron chi connectivity index (χ4n) is 9.56. The molecule has 12 rings (SSSR count). The minimum atomic E-state index is 0.626. The summed E-state index contributed by atoms with van der Waals surface area (Å²) in [5.41, 5.74) is 7.95. The van der Waals surface area contributed by atoms with Crippen molar-refractivity contribution in [3.8, 4) is 33.5 Å². The van der Waals surface area contributed by atoms with Crippen LogP contribution in [0.15, 0.2) is 194 Å². The van der Waals surface area contributed by atoms with E-state index < -0.39 is 0 Å². The van der Waals surface area contributed by atoms with Gasteiger partial charge in [0.2, 0.25) is 0 Å². The number of hydrogen-bond donors (Lipinski definition) is 0. The number of aromatic nitrogens is 1. The van der Waals surface area contributed by atoms with Gasteiger partial charge in [0.1, 0.15) is 0 Å². The first-order valence-corrected chi connectivity index (χ1v) is 19.7. The molecule has 0 saturated carbocycles. The predicted molar refractivity (Wildman–Crippen MR) is 247 cm³/mol. The van der Waals surface area contributed by atoms with Crippen LogP contribution in [0, 0.1) is 6.57 Å². The Morgan fingerprint density at radius 3 is 1.24 bits per heavy atom. The minimum Gasteiger partial charge on any atom is -0.247 e. The second-order valence-electron chi connectivity index (χ2n) is 15.3. The molecule has 0 aliphatic heterocycles. The van der Waals surface area contributed by atoms with E-state index in [0.29, 0.717) is 5.69 Å². The summed E-state index contributed by atoms with van der Waals surface area (Å²) < 4.78 is 0. The molecule has 1 aromatic heterocycles. The Morgan fingerprint density at radius 2 is 0.707 bits per heavy atom. The van der Waals surface area contributed by atoms with Crippen LogP contribution < -0.4 is 0 Å². The standard InChI is InChI=1S/C56H32N2/c1-57-37-14-12-13-34(29-37)50-32-54-51(35-25-27-47-42-19-4-2-15-38(42)40-17-6-8-21-44(40)52(47)30-35)33-55(58-56(54)49-24-11-10-23-46(49)50)36-26-28-48-43-20-5-3-16-39(43)41-18-7-9-22-45(41)53(48)31-36/h2-33H. The van der Waals surface area contributed by atoms with Crippen molar-refractivity contribution in [2.45, 2.75) is 0 Å². The fraction of sp³-hybridized carbons (Fsp3) is 0. The molecule has 0 aliphatic carbocycles. The highest BCUT2D eigenvalue weighted by Crippen LogP contribution is 2.44. The topological polar surface area (TPSA) is 17.2 Å². The van der Waals surface area contributed by atoms with E-state index in [2.05, 4.69) is 181 Å². The Morgan fingerprint density at radius 1 is 0.293 bits per heavy atom. The molecule has 0 fully saturated rings. The second-order valence-corrected chi connectivity index (χ2v) is 15.3. The van der Waals surface area contributed by atoms with Gasteiger partial charge in [-0.05, 0) is 123 Å². The molecule has 0 amide bonds. The molecule has 58 heavy (non-hydrogen) atoms. The van der Waals surface area contributed by atoms with Crippen LogP contribution in [-0.4, -0.2) is 4.98 Å². The molecule has 0 N–H and O–H groups in total. The first-order chi connectivity index (χ1) is 28.7. The first kappa shape index (κ1) is 32.4. The van der Waals surface area contributed by atoms with Gasteiger partial charge in [-0.15, -0.1) is 0 Å². The van der Waals surface area contributed by atoms with Gasteiger partial charge in [0.05, 0.1) is 17.8 Å². The summed E-state index contributed by atoms with van der Waals surface area (Å²) in [4.78, 5) is 9.36. The summed E-state index contributed by atoms with van der Waals surface area (Å²) in [6, 6.07) is 70.0. The molecule has 11 aromatic carbocycles. The first-order valence-electron chi connectivity index (χ1n) is 19.7. The van der Waals surface area contributed by atoms with E-state index in [0.717, 1.165) is 55.2 Å². The molecule has 2 heteroatoms. The van der Waals surface area contributed by atoms with Crippen LogP contribution in [0.4, 0.5) is 5.69 Å². The van der Waals surface area contributed by atoms with Crippen molar-refractivity contribution < 1.29 is 0 Å². The monoisotopic (exact) mass is 732 g/mol. The van der Waals surface area contributed by atoms with Gasteiger partial charge in [0, 0.05) is 16.3 Å². The Bertz CT molecular complexity index is 3690. The molecule has 0 bridgehead atoms. The van der Waals surface area contributed by atoms with E-state index in [1.165, 1.54) is 64.6 Å². The lowest BCUT2D eigenvalue weighted by molar-refractivity contribution is 1.41. The Hall–Kier alpha value is -7.86. The van der Waals surface area contributed by atoms with Gasteiger partial charge >= 0.3 is 0 Å². The van der Waals surface area contributed by atoms with E-state index in [1.807, 2.05) is 18.2 Å². The highest BCUT2D eigenvalue weighted by atomic mass is 14.7. The van der Waals surface area contributed by atoms with Crippen LogP contribution in [0.2, 0.25) is 0 Å². The van der Waals surface area contributed by atoms with Crippen molar-refractivity contribution >= 4 is 92.0 Å². The lowest BCUT2D eigenvalue weighted by Crippen LogP contribution is -1.94. The van der Waals surface area contributed by atoms with Crippen molar-refractivity contribution in [1.82, 2.24) is 4.98 Å². The average Bonchev–Trinajstić information content (AvgIpc) is 3.31. The van der Waals surface area contributed by atoms with Crippen molar-refractivity contribution in [2.24, 2.45) is 0 Å². The van der Waals surface area contributed by atoms with Gasteiger partial charge < -0.3 is 0 Å².